The molecule has 0 radical (unpaired) electrons. The molecule has 2 aromatic carbocycles. The van der Waals surface area contributed by atoms with Crippen molar-refractivity contribution in [2.24, 2.45) is 0 Å². The molecular weight excluding hydrogens is 388 g/mol. The number of halogens is 4. The van der Waals surface area contributed by atoms with Crippen molar-refractivity contribution in [2.45, 2.75) is 38.1 Å². The van der Waals surface area contributed by atoms with Crippen LogP contribution in [0.5, 0.6) is 0 Å². The quantitative estimate of drug-likeness (QED) is 0.783. The number of carbonyl (C=O) groups is 2. The monoisotopic (exact) mass is 406 g/mol. The number of anilines is 1. The van der Waals surface area contributed by atoms with E-state index >= 15 is 0 Å². The Morgan fingerprint density at radius 3 is 2.38 bits per heavy atom. The highest BCUT2D eigenvalue weighted by atomic mass is 19.2. The lowest BCUT2D eigenvalue weighted by atomic mass is 9.95. The Hall–Kier alpha value is -2.90. The highest BCUT2D eigenvalue weighted by molar-refractivity contribution is 5.96. The van der Waals surface area contributed by atoms with Crippen LogP contribution >= 0.6 is 0 Å². The van der Waals surface area contributed by atoms with Gasteiger partial charge < -0.3 is 10.2 Å². The molecule has 1 atom stereocenters. The molecular formula is C21H18F4N2O2. The first-order valence-electron chi connectivity index (χ1n) is 9.35. The molecule has 2 aliphatic rings. The number of aryl methyl sites for hydroxylation is 1. The van der Waals surface area contributed by atoms with Crippen molar-refractivity contribution in [1.82, 2.24) is 4.90 Å². The summed E-state index contributed by atoms with van der Waals surface area (Å²) in [7, 11) is 0. The van der Waals surface area contributed by atoms with Crippen LogP contribution in [0.4, 0.5) is 23.2 Å². The molecule has 1 heterocycles. The summed E-state index contributed by atoms with van der Waals surface area (Å²) in [4.78, 5) is 26.0. The maximum Gasteiger partial charge on any atom is 0.244 e. The number of carbonyl (C=O) groups excluding carboxylic acids is 2. The van der Waals surface area contributed by atoms with Crippen LogP contribution in [-0.4, -0.2) is 23.3 Å². The van der Waals surface area contributed by atoms with Crippen LogP contribution < -0.4 is 5.32 Å². The number of hydrogen-bond acceptors (Lipinski definition) is 2. The van der Waals surface area contributed by atoms with Crippen LogP contribution in [-0.2, 0) is 22.6 Å². The van der Waals surface area contributed by atoms with Crippen molar-refractivity contribution < 1.29 is 27.2 Å². The Morgan fingerprint density at radius 2 is 1.62 bits per heavy atom. The average molecular weight is 406 g/mol. The van der Waals surface area contributed by atoms with Crippen LogP contribution in [0.1, 0.15) is 41.9 Å². The second-order valence-electron chi connectivity index (χ2n) is 7.46. The molecule has 0 bridgehead atoms. The third kappa shape index (κ3) is 3.83. The molecule has 1 unspecified atom stereocenters. The van der Waals surface area contributed by atoms with E-state index in [-0.39, 0.29) is 37.0 Å². The third-order valence-electron chi connectivity index (χ3n) is 5.56. The Bertz CT molecular complexity index is 1010. The zero-order chi connectivity index (χ0) is 20.7. The van der Waals surface area contributed by atoms with Crippen LogP contribution in [0.15, 0.2) is 24.3 Å². The molecule has 2 aromatic rings. The summed E-state index contributed by atoms with van der Waals surface area (Å²) in [5.74, 6) is -4.78. The second-order valence-corrected chi connectivity index (χ2v) is 7.46. The molecule has 1 aliphatic carbocycles. The minimum Gasteiger partial charge on any atom is -0.329 e. The van der Waals surface area contributed by atoms with E-state index in [9.17, 15) is 27.2 Å². The number of benzene rings is 2. The summed E-state index contributed by atoms with van der Waals surface area (Å²) in [6.45, 7) is -0.247. The van der Waals surface area contributed by atoms with Crippen LogP contribution in [0.2, 0.25) is 0 Å². The standard InChI is InChI=1S/C21H18F4N2O2/c22-15-5-12-2-1-11(14(12)7-17(15)24)3-4-21(29)27-9-13-6-16(23)18(25)8-19(13)26-20(28)10-27/h5-8,11H,1-4,9-10H2,(H,26,28). The number of nitrogens with zero attached hydrogens (tertiary/aromatic N) is 1. The predicted octanol–water partition coefficient (Wildman–Crippen LogP) is 4.03. The second kappa shape index (κ2) is 7.50. The fraction of sp³-hybridized carbons (Fsp3) is 0.333. The highest BCUT2D eigenvalue weighted by Crippen LogP contribution is 2.37. The van der Waals surface area contributed by atoms with E-state index in [0.717, 1.165) is 17.7 Å². The van der Waals surface area contributed by atoms with E-state index < -0.39 is 29.2 Å². The Morgan fingerprint density at radius 1 is 0.966 bits per heavy atom. The van der Waals surface area contributed by atoms with Gasteiger partial charge in [-0.15, -0.1) is 0 Å². The van der Waals surface area contributed by atoms with Gasteiger partial charge in [0.25, 0.3) is 0 Å². The summed E-state index contributed by atoms with van der Waals surface area (Å²) >= 11 is 0. The van der Waals surface area contributed by atoms with E-state index in [1.54, 1.807) is 0 Å². The zero-order valence-electron chi connectivity index (χ0n) is 15.4. The van der Waals surface area contributed by atoms with Gasteiger partial charge in [0, 0.05) is 24.7 Å². The van der Waals surface area contributed by atoms with Gasteiger partial charge in [0.05, 0.1) is 0 Å². The van der Waals surface area contributed by atoms with Gasteiger partial charge in [0.2, 0.25) is 11.8 Å². The van der Waals surface area contributed by atoms with E-state index in [1.165, 1.54) is 17.0 Å². The van der Waals surface area contributed by atoms with Gasteiger partial charge in [-0.2, -0.15) is 0 Å². The van der Waals surface area contributed by atoms with E-state index in [1.807, 2.05) is 0 Å². The summed E-state index contributed by atoms with van der Waals surface area (Å²) in [5.41, 5.74) is 1.92. The van der Waals surface area contributed by atoms with Crippen molar-refractivity contribution in [3.63, 3.8) is 0 Å². The van der Waals surface area contributed by atoms with Gasteiger partial charge >= 0.3 is 0 Å². The van der Waals surface area contributed by atoms with Gasteiger partial charge in [-0.05, 0) is 60.1 Å². The smallest absolute Gasteiger partial charge is 0.244 e. The van der Waals surface area contributed by atoms with Crippen molar-refractivity contribution in [3.8, 4) is 0 Å². The Balaban J connectivity index is 1.46. The van der Waals surface area contributed by atoms with Gasteiger partial charge in [-0.3, -0.25) is 9.59 Å². The number of amides is 2. The fourth-order valence-electron chi connectivity index (χ4n) is 4.08. The lowest BCUT2D eigenvalue weighted by Crippen LogP contribution is -2.35. The minimum atomic E-state index is -1.08. The van der Waals surface area contributed by atoms with Crippen molar-refractivity contribution in [3.05, 3.63) is 64.2 Å². The molecule has 0 saturated heterocycles. The van der Waals surface area contributed by atoms with Gasteiger partial charge in [-0.1, -0.05) is 0 Å². The summed E-state index contributed by atoms with van der Waals surface area (Å²) < 4.78 is 54.0. The Kier molecular flexibility index (Phi) is 5.02. The molecule has 4 rings (SSSR count). The number of hydrogen-bond donors (Lipinski definition) is 1. The molecule has 0 fully saturated rings. The molecule has 0 spiro atoms. The first kappa shape index (κ1) is 19.4. The van der Waals surface area contributed by atoms with Gasteiger partial charge in [0.15, 0.2) is 23.3 Å². The molecule has 152 valence electrons. The van der Waals surface area contributed by atoms with Gasteiger partial charge in [0.1, 0.15) is 6.54 Å². The molecule has 0 aromatic heterocycles. The lowest BCUT2D eigenvalue weighted by molar-refractivity contribution is -0.135. The topological polar surface area (TPSA) is 49.4 Å². The maximum absolute atomic E-state index is 13.6. The molecule has 29 heavy (non-hydrogen) atoms. The third-order valence-corrected chi connectivity index (χ3v) is 5.56. The van der Waals surface area contributed by atoms with E-state index in [0.29, 0.717) is 30.4 Å². The van der Waals surface area contributed by atoms with Gasteiger partial charge in [-0.25, -0.2) is 17.6 Å². The van der Waals surface area contributed by atoms with E-state index in [4.69, 9.17) is 0 Å². The average Bonchev–Trinajstić information content (AvgIpc) is 2.96. The van der Waals surface area contributed by atoms with Crippen LogP contribution in [0.25, 0.3) is 0 Å². The normalized spacial score (nSPS) is 18.1. The zero-order valence-corrected chi connectivity index (χ0v) is 15.4. The summed E-state index contributed by atoms with van der Waals surface area (Å²) in [6, 6.07) is 4.27. The SMILES string of the molecule is O=C1CN(C(=O)CCC2CCc3cc(F)c(F)cc32)Cc2cc(F)c(F)cc2N1. The first-order chi connectivity index (χ1) is 13.8. The van der Waals surface area contributed by atoms with Crippen molar-refractivity contribution >= 4 is 17.5 Å². The Labute approximate surface area is 164 Å². The maximum atomic E-state index is 13.6. The number of rotatable bonds is 3. The largest absolute Gasteiger partial charge is 0.329 e. The summed E-state index contributed by atoms with van der Waals surface area (Å²) in [5, 5.41) is 2.48. The molecule has 4 nitrogen and oxygen atoms in total. The molecule has 8 heteroatoms. The minimum absolute atomic E-state index is 0.0226. The number of nitrogens with one attached hydrogen (secondary N) is 1. The van der Waals surface area contributed by atoms with Crippen molar-refractivity contribution in [1.29, 1.82) is 0 Å². The molecule has 1 aliphatic heterocycles. The number of fused-ring (bicyclic) bond motifs is 2. The molecule has 2 amide bonds. The molecule has 0 saturated carbocycles. The summed E-state index contributed by atoms with van der Waals surface area (Å²) in [6.07, 6.45) is 1.85. The fourth-order valence-corrected chi connectivity index (χ4v) is 4.08. The van der Waals surface area contributed by atoms with Crippen LogP contribution in [0, 0.1) is 23.3 Å². The van der Waals surface area contributed by atoms with Crippen molar-refractivity contribution in [2.75, 3.05) is 11.9 Å². The lowest BCUT2D eigenvalue weighted by Gasteiger charge is -2.21. The molecule has 1 N–H and O–H groups in total. The first-order valence-corrected chi connectivity index (χ1v) is 9.35. The highest BCUT2D eigenvalue weighted by Gasteiger charge is 2.28. The van der Waals surface area contributed by atoms with Crippen LogP contribution in [0.3, 0.4) is 0 Å². The predicted molar refractivity (Wildman–Crippen MR) is 97.1 cm³/mol. The van der Waals surface area contributed by atoms with E-state index in [2.05, 4.69) is 5.32 Å².